The Balaban J connectivity index is 2.10. The molecular formula is C15H10FNO4. The highest BCUT2D eigenvalue weighted by Gasteiger charge is 2.13. The van der Waals surface area contributed by atoms with Gasteiger partial charge in [0.2, 0.25) is 5.89 Å². The van der Waals surface area contributed by atoms with Crippen molar-refractivity contribution in [1.82, 2.24) is 4.98 Å². The number of fused-ring (bicyclic) bond motifs is 1. The van der Waals surface area contributed by atoms with Gasteiger partial charge in [-0.25, -0.2) is 14.2 Å². The van der Waals surface area contributed by atoms with Gasteiger partial charge in [-0.1, -0.05) is 0 Å². The number of halogens is 1. The zero-order chi connectivity index (χ0) is 15.0. The van der Waals surface area contributed by atoms with Gasteiger partial charge in [-0.05, 0) is 36.4 Å². The third-order valence-corrected chi connectivity index (χ3v) is 3.03. The molecule has 0 aliphatic rings. The molecule has 0 aliphatic carbocycles. The first-order valence-corrected chi connectivity index (χ1v) is 6.06. The second-order valence-electron chi connectivity index (χ2n) is 4.36. The number of hydrogen-bond acceptors (Lipinski definition) is 4. The van der Waals surface area contributed by atoms with E-state index in [0.717, 1.165) is 0 Å². The summed E-state index contributed by atoms with van der Waals surface area (Å²) in [7, 11) is 1.37. The SMILES string of the molecule is COc1cc(-c2nc3ccc(C(=O)O)cc3o2)ccc1F. The lowest BCUT2D eigenvalue weighted by Crippen LogP contribution is -1.94. The number of benzene rings is 2. The molecule has 106 valence electrons. The Bertz CT molecular complexity index is 841. The third-order valence-electron chi connectivity index (χ3n) is 3.03. The van der Waals surface area contributed by atoms with Crippen LogP contribution in [-0.2, 0) is 0 Å². The highest BCUT2D eigenvalue weighted by atomic mass is 19.1. The Morgan fingerprint density at radius 3 is 2.81 bits per heavy atom. The van der Waals surface area contributed by atoms with Crippen LogP contribution in [0.1, 0.15) is 10.4 Å². The minimum atomic E-state index is -1.04. The molecule has 1 N–H and O–H groups in total. The monoisotopic (exact) mass is 287 g/mol. The molecular weight excluding hydrogens is 277 g/mol. The van der Waals surface area contributed by atoms with Crippen LogP contribution < -0.4 is 4.74 Å². The molecule has 1 aromatic heterocycles. The Morgan fingerprint density at radius 2 is 2.10 bits per heavy atom. The molecule has 0 unspecified atom stereocenters. The van der Waals surface area contributed by atoms with Gasteiger partial charge in [0.25, 0.3) is 0 Å². The minimum Gasteiger partial charge on any atom is -0.494 e. The number of carboxylic acids is 1. The van der Waals surface area contributed by atoms with Crippen molar-refractivity contribution < 1.29 is 23.4 Å². The van der Waals surface area contributed by atoms with Gasteiger partial charge in [-0.3, -0.25) is 0 Å². The van der Waals surface area contributed by atoms with Gasteiger partial charge in [0.1, 0.15) is 5.52 Å². The zero-order valence-corrected chi connectivity index (χ0v) is 11.0. The van der Waals surface area contributed by atoms with Crippen molar-refractivity contribution in [2.24, 2.45) is 0 Å². The van der Waals surface area contributed by atoms with E-state index in [-0.39, 0.29) is 17.2 Å². The standard InChI is InChI=1S/C15H10FNO4/c1-20-12-6-8(2-4-10(12)16)14-17-11-5-3-9(15(18)19)7-13(11)21-14/h2-7H,1H3,(H,18,19). The minimum absolute atomic E-state index is 0.0842. The van der Waals surface area contributed by atoms with E-state index in [0.29, 0.717) is 16.7 Å². The van der Waals surface area contributed by atoms with Crippen molar-refractivity contribution in [3.63, 3.8) is 0 Å². The predicted octanol–water partition coefficient (Wildman–Crippen LogP) is 3.34. The summed E-state index contributed by atoms with van der Waals surface area (Å²) < 4.78 is 23.8. The van der Waals surface area contributed by atoms with Gasteiger partial charge in [0.05, 0.1) is 12.7 Å². The van der Waals surface area contributed by atoms with Crippen LogP contribution in [0.3, 0.4) is 0 Å². The number of carbonyl (C=O) groups is 1. The van der Waals surface area contributed by atoms with E-state index < -0.39 is 11.8 Å². The van der Waals surface area contributed by atoms with Crippen molar-refractivity contribution in [1.29, 1.82) is 0 Å². The number of methoxy groups -OCH3 is 1. The molecule has 0 bridgehead atoms. The van der Waals surface area contributed by atoms with E-state index in [1.54, 1.807) is 6.07 Å². The Kier molecular flexibility index (Phi) is 3.06. The van der Waals surface area contributed by atoms with E-state index in [1.807, 2.05) is 0 Å². The first-order chi connectivity index (χ1) is 10.1. The van der Waals surface area contributed by atoms with Crippen LogP contribution in [0.5, 0.6) is 5.75 Å². The van der Waals surface area contributed by atoms with E-state index in [4.69, 9.17) is 14.3 Å². The lowest BCUT2D eigenvalue weighted by molar-refractivity contribution is 0.0697. The van der Waals surface area contributed by atoms with Gasteiger partial charge in [0.15, 0.2) is 17.1 Å². The normalized spacial score (nSPS) is 10.8. The maximum absolute atomic E-state index is 13.4. The van der Waals surface area contributed by atoms with Crippen LogP contribution in [0.2, 0.25) is 0 Å². The topological polar surface area (TPSA) is 72.6 Å². The van der Waals surface area contributed by atoms with Gasteiger partial charge in [0, 0.05) is 5.56 Å². The average Bonchev–Trinajstić information content (AvgIpc) is 2.90. The molecule has 0 amide bonds. The lowest BCUT2D eigenvalue weighted by atomic mass is 10.2. The maximum Gasteiger partial charge on any atom is 0.335 e. The van der Waals surface area contributed by atoms with Crippen molar-refractivity contribution in [3.05, 3.63) is 47.8 Å². The molecule has 21 heavy (non-hydrogen) atoms. The number of ether oxygens (including phenoxy) is 1. The summed E-state index contributed by atoms with van der Waals surface area (Å²) in [6, 6.07) is 8.65. The van der Waals surface area contributed by atoms with Crippen LogP contribution in [0.25, 0.3) is 22.6 Å². The summed E-state index contributed by atoms with van der Waals surface area (Å²) in [5.41, 5.74) is 1.54. The summed E-state index contributed by atoms with van der Waals surface area (Å²) in [5, 5.41) is 8.95. The van der Waals surface area contributed by atoms with E-state index >= 15 is 0 Å². The third kappa shape index (κ3) is 2.31. The Hall–Kier alpha value is -2.89. The zero-order valence-electron chi connectivity index (χ0n) is 11.0. The first-order valence-electron chi connectivity index (χ1n) is 6.06. The molecule has 5 nitrogen and oxygen atoms in total. The molecule has 2 aromatic carbocycles. The van der Waals surface area contributed by atoms with Gasteiger partial charge < -0.3 is 14.3 Å². The van der Waals surface area contributed by atoms with Gasteiger partial charge in [-0.2, -0.15) is 0 Å². The fraction of sp³-hybridized carbons (Fsp3) is 0.0667. The van der Waals surface area contributed by atoms with Crippen LogP contribution in [-0.4, -0.2) is 23.2 Å². The summed E-state index contributed by atoms with van der Waals surface area (Å²) in [4.78, 5) is 15.2. The summed E-state index contributed by atoms with van der Waals surface area (Å²) in [6.45, 7) is 0. The number of rotatable bonds is 3. The van der Waals surface area contributed by atoms with Crippen LogP contribution in [0.15, 0.2) is 40.8 Å². The average molecular weight is 287 g/mol. The second-order valence-corrected chi connectivity index (χ2v) is 4.36. The molecule has 0 radical (unpaired) electrons. The summed E-state index contributed by atoms with van der Waals surface area (Å²) in [5.74, 6) is -1.17. The molecule has 0 spiro atoms. The smallest absolute Gasteiger partial charge is 0.335 e. The molecule has 3 rings (SSSR count). The van der Waals surface area contributed by atoms with Crippen molar-refractivity contribution in [2.45, 2.75) is 0 Å². The number of hydrogen-bond donors (Lipinski definition) is 1. The lowest BCUT2D eigenvalue weighted by Gasteiger charge is -2.02. The molecule has 6 heteroatoms. The first kappa shape index (κ1) is 13.1. The molecule has 0 saturated heterocycles. The van der Waals surface area contributed by atoms with Crippen LogP contribution in [0, 0.1) is 5.82 Å². The molecule has 0 aliphatic heterocycles. The Labute approximate surface area is 118 Å². The number of carboxylic acid groups (broad SMARTS) is 1. The number of aromatic carboxylic acids is 1. The molecule has 3 aromatic rings. The summed E-state index contributed by atoms with van der Waals surface area (Å²) in [6.07, 6.45) is 0. The largest absolute Gasteiger partial charge is 0.494 e. The maximum atomic E-state index is 13.4. The number of aromatic nitrogens is 1. The molecule has 0 fully saturated rings. The quantitative estimate of drug-likeness (QED) is 0.799. The fourth-order valence-electron chi connectivity index (χ4n) is 1.97. The summed E-state index contributed by atoms with van der Waals surface area (Å²) >= 11 is 0. The highest BCUT2D eigenvalue weighted by Crippen LogP contribution is 2.28. The Morgan fingerprint density at radius 1 is 1.29 bits per heavy atom. The molecule has 1 heterocycles. The van der Waals surface area contributed by atoms with Crippen LogP contribution in [0.4, 0.5) is 4.39 Å². The van der Waals surface area contributed by atoms with Gasteiger partial charge >= 0.3 is 5.97 Å². The van der Waals surface area contributed by atoms with Gasteiger partial charge in [-0.15, -0.1) is 0 Å². The fourth-order valence-corrected chi connectivity index (χ4v) is 1.97. The molecule has 0 saturated carbocycles. The molecule has 0 atom stereocenters. The van der Waals surface area contributed by atoms with E-state index in [9.17, 15) is 9.18 Å². The number of nitrogens with zero attached hydrogens (tertiary/aromatic N) is 1. The van der Waals surface area contributed by atoms with Crippen molar-refractivity contribution >= 4 is 17.1 Å². The van der Waals surface area contributed by atoms with E-state index in [2.05, 4.69) is 4.98 Å². The van der Waals surface area contributed by atoms with Crippen molar-refractivity contribution in [2.75, 3.05) is 7.11 Å². The number of oxazole rings is 1. The highest BCUT2D eigenvalue weighted by molar-refractivity contribution is 5.92. The predicted molar refractivity (Wildman–Crippen MR) is 72.9 cm³/mol. The second kappa shape index (κ2) is 4.90. The van der Waals surface area contributed by atoms with E-state index in [1.165, 1.54) is 37.4 Å². The van der Waals surface area contributed by atoms with Crippen LogP contribution >= 0.6 is 0 Å². The van der Waals surface area contributed by atoms with Crippen molar-refractivity contribution in [3.8, 4) is 17.2 Å².